The molecule has 2 aliphatic rings. The average Bonchev–Trinajstić information content (AvgIpc) is 2.62. The number of nitrogens with zero attached hydrogens (tertiary/aromatic N) is 1. The monoisotopic (exact) mass is 346 g/mol. The molecular formula is C21H34N2O2. The second-order valence-corrected chi connectivity index (χ2v) is 7.71. The van der Waals surface area contributed by atoms with Gasteiger partial charge in [-0.05, 0) is 89.3 Å². The molecule has 1 aromatic carbocycles. The summed E-state index contributed by atoms with van der Waals surface area (Å²) < 4.78 is 6.08. The summed E-state index contributed by atoms with van der Waals surface area (Å²) >= 11 is 0. The van der Waals surface area contributed by atoms with Gasteiger partial charge in [0.05, 0.1) is 0 Å². The first-order valence-electron chi connectivity index (χ1n) is 10.1. The first-order valence-corrected chi connectivity index (χ1v) is 10.1. The second-order valence-electron chi connectivity index (χ2n) is 7.71. The van der Waals surface area contributed by atoms with Gasteiger partial charge in [-0.2, -0.15) is 0 Å². The molecule has 4 nitrogen and oxygen atoms in total. The van der Waals surface area contributed by atoms with E-state index in [0.29, 0.717) is 0 Å². The summed E-state index contributed by atoms with van der Waals surface area (Å²) in [6.45, 7) is 6.75. The molecule has 1 aromatic rings. The third-order valence-corrected chi connectivity index (χ3v) is 5.58. The number of aliphatic hydroxyl groups excluding tert-OH is 1. The molecule has 0 amide bonds. The molecule has 1 saturated carbocycles. The Morgan fingerprint density at radius 3 is 2.80 bits per heavy atom. The van der Waals surface area contributed by atoms with Crippen LogP contribution in [0.2, 0.25) is 0 Å². The predicted molar refractivity (Wildman–Crippen MR) is 102 cm³/mol. The second kappa shape index (κ2) is 9.56. The Bertz CT molecular complexity index is 516. The topological polar surface area (TPSA) is 44.7 Å². The highest BCUT2D eigenvalue weighted by molar-refractivity contribution is 5.27. The van der Waals surface area contributed by atoms with Crippen LogP contribution in [0, 0.1) is 6.92 Å². The normalized spacial score (nSPS) is 28.0. The molecule has 1 heterocycles. The maximum absolute atomic E-state index is 10.7. The lowest BCUT2D eigenvalue weighted by atomic mass is 9.89. The molecular weight excluding hydrogens is 312 g/mol. The number of nitrogens with one attached hydrogen (secondary N) is 1. The van der Waals surface area contributed by atoms with Crippen LogP contribution >= 0.6 is 0 Å². The van der Waals surface area contributed by atoms with E-state index in [-0.39, 0.29) is 12.1 Å². The summed E-state index contributed by atoms with van der Waals surface area (Å²) in [7, 11) is 0. The van der Waals surface area contributed by atoms with Crippen molar-refractivity contribution in [1.82, 2.24) is 10.2 Å². The van der Waals surface area contributed by atoms with Gasteiger partial charge in [0.25, 0.3) is 0 Å². The molecule has 2 fully saturated rings. The first kappa shape index (κ1) is 18.7. The fourth-order valence-electron chi connectivity index (χ4n) is 4.13. The van der Waals surface area contributed by atoms with Crippen molar-refractivity contribution >= 4 is 0 Å². The SMILES string of the molecule is Cc1cccc(O[C@@H]2CCC[C@H](NCCCN3CCCCC3)[C@H]2O)c1. The summed E-state index contributed by atoms with van der Waals surface area (Å²) in [6, 6.07) is 8.26. The molecule has 3 atom stereocenters. The number of benzene rings is 1. The maximum Gasteiger partial charge on any atom is 0.126 e. The number of aliphatic hydroxyl groups is 1. The standard InChI is InChI=1S/C21H34N2O2/c1-17-8-5-9-18(16-17)25-20-11-6-10-19(21(20)24)22-12-7-15-23-13-3-2-4-14-23/h5,8-9,16,19-22,24H,2-4,6-7,10-15H2,1H3/t19-,20+,21+/m0/s1. The van der Waals surface area contributed by atoms with Crippen molar-refractivity contribution in [1.29, 1.82) is 0 Å². The molecule has 4 heteroatoms. The number of rotatable bonds is 7. The van der Waals surface area contributed by atoms with Crippen LogP contribution in [0.25, 0.3) is 0 Å². The summed E-state index contributed by atoms with van der Waals surface area (Å²) in [4.78, 5) is 2.58. The summed E-state index contributed by atoms with van der Waals surface area (Å²) in [6.07, 6.45) is 7.81. The smallest absolute Gasteiger partial charge is 0.126 e. The summed E-state index contributed by atoms with van der Waals surface area (Å²) in [5.74, 6) is 0.870. The zero-order valence-electron chi connectivity index (χ0n) is 15.6. The third kappa shape index (κ3) is 5.70. The van der Waals surface area contributed by atoms with Crippen molar-refractivity contribution in [2.75, 3.05) is 26.2 Å². The van der Waals surface area contributed by atoms with Gasteiger partial charge in [-0.3, -0.25) is 0 Å². The Morgan fingerprint density at radius 2 is 2.00 bits per heavy atom. The molecule has 1 saturated heterocycles. The van der Waals surface area contributed by atoms with E-state index in [4.69, 9.17) is 4.74 Å². The number of likely N-dealkylation sites (tertiary alicyclic amines) is 1. The molecule has 1 aliphatic heterocycles. The van der Waals surface area contributed by atoms with Gasteiger partial charge in [0.1, 0.15) is 18.0 Å². The molecule has 0 radical (unpaired) electrons. The van der Waals surface area contributed by atoms with E-state index in [0.717, 1.165) is 38.0 Å². The van der Waals surface area contributed by atoms with Crippen LogP contribution in [0.15, 0.2) is 24.3 Å². The average molecular weight is 347 g/mol. The number of aryl methyl sites for hydroxylation is 1. The fraction of sp³-hybridized carbons (Fsp3) is 0.714. The highest BCUT2D eigenvalue weighted by Gasteiger charge is 2.33. The molecule has 2 N–H and O–H groups in total. The van der Waals surface area contributed by atoms with Crippen molar-refractivity contribution < 1.29 is 9.84 Å². The number of piperidine rings is 1. The minimum atomic E-state index is -0.427. The van der Waals surface area contributed by atoms with Crippen LogP contribution in [-0.4, -0.2) is 54.4 Å². The fourth-order valence-corrected chi connectivity index (χ4v) is 4.13. The summed E-state index contributed by atoms with van der Waals surface area (Å²) in [5.41, 5.74) is 1.19. The lowest BCUT2D eigenvalue weighted by molar-refractivity contribution is -0.0154. The Morgan fingerprint density at radius 1 is 1.16 bits per heavy atom. The molecule has 3 rings (SSSR count). The van der Waals surface area contributed by atoms with E-state index < -0.39 is 6.10 Å². The van der Waals surface area contributed by atoms with Crippen LogP contribution in [0.3, 0.4) is 0 Å². The Labute approximate surface area is 152 Å². The van der Waals surface area contributed by atoms with Crippen molar-refractivity contribution in [2.24, 2.45) is 0 Å². The van der Waals surface area contributed by atoms with Crippen LogP contribution in [-0.2, 0) is 0 Å². The van der Waals surface area contributed by atoms with Crippen LogP contribution < -0.4 is 10.1 Å². The van der Waals surface area contributed by atoms with Crippen LogP contribution in [0.4, 0.5) is 0 Å². The predicted octanol–water partition coefficient (Wildman–Crippen LogP) is 3.12. The van der Waals surface area contributed by atoms with Gasteiger partial charge in [-0.15, -0.1) is 0 Å². The van der Waals surface area contributed by atoms with E-state index in [1.165, 1.54) is 44.5 Å². The van der Waals surface area contributed by atoms with E-state index in [1.807, 2.05) is 18.2 Å². The van der Waals surface area contributed by atoms with Crippen molar-refractivity contribution in [3.05, 3.63) is 29.8 Å². The van der Waals surface area contributed by atoms with Gasteiger partial charge in [-0.25, -0.2) is 0 Å². The molecule has 0 spiro atoms. The number of ether oxygens (including phenoxy) is 1. The van der Waals surface area contributed by atoms with Gasteiger partial charge < -0.3 is 20.1 Å². The molecule has 140 valence electrons. The van der Waals surface area contributed by atoms with Gasteiger partial charge in [0.15, 0.2) is 0 Å². The van der Waals surface area contributed by atoms with E-state index in [9.17, 15) is 5.11 Å². The van der Waals surface area contributed by atoms with Gasteiger partial charge in [0.2, 0.25) is 0 Å². The molecule has 0 aromatic heterocycles. The van der Waals surface area contributed by atoms with E-state index in [1.54, 1.807) is 0 Å². The Kier molecular flexibility index (Phi) is 7.14. The van der Waals surface area contributed by atoms with E-state index in [2.05, 4.69) is 23.2 Å². The van der Waals surface area contributed by atoms with Gasteiger partial charge in [-0.1, -0.05) is 18.6 Å². The molecule has 0 unspecified atom stereocenters. The highest BCUT2D eigenvalue weighted by Crippen LogP contribution is 2.25. The molecule has 1 aliphatic carbocycles. The first-order chi connectivity index (χ1) is 12.2. The third-order valence-electron chi connectivity index (χ3n) is 5.58. The maximum atomic E-state index is 10.7. The zero-order chi connectivity index (χ0) is 17.5. The van der Waals surface area contributed by atoms with E-state index >= 15 is 0 Å². The number of hydrogen-bond acceptors (Lipinski definition) is 4. The lowest BCUT2D eigenvalue weighted by Crippen LogP contribution is -2.51. The number of hydrogen-bond donors (Lipinski definition) is 2. The molecule has 25 heavy (non-hydrogen) atoms. The Balaban J connectivity index is 1.41. The molecule has 0 bridgehead atoms. The largest absolute Gasteiger partial charge is 0.488 e. The summed E-state index contributed by atoms with van der Waals surface area (Å²) in [5, 5.41) is 14.3. The Hall–Kier alpha value is -1.10. The quantitative estimate of drug-likeness (QED) is 0.745. The minimum Gasteiger partial charge on any atom is -0.488 e. The lowest BCUT2D eigenvalue weighted by Gasteiger charge is -2.35. The van der Waals surface area contributed by atoms with Gasteiger partial charge >= 0.3 is 0 Å². The minimum absolute atomic E-state index is 0.102. The zero-order valence-corrected chi connectivity index (χ0v) is 15.6. The highest BCUT2D eigenvalue weighted by atomic mass is 16.5. The van der Waals surface area contributed by atoms with Crippen LogP contribution in [0.5, 0.6) is 5.75 Å². The van der Waals surface area contributed by atoms with Crippen molar-refractivity contribution in [2.45, 2.75) is 70.1 Å². The van der Waals surface area contributed by atoms with Crippen molar-refractivity contribution in [3.8, 4) is 5.75 Å². The van der Waals surface area contributed by atoms with Crippen LogP contribution in [0.1, 0.15) is 50.5 Å². The van der Waals surface area contributed by atoms with Gasteiger partial charge in [0, 0.05) is 6.04 Å². The van der Waals surface area contributed by atoms with Crippen molar-refractivity contribution in [3.63, 3.8) is 0 Å².